The first-order chi connectivity index (χ1) is 9.93. The van der Waals surface area contributed by atoms with E-state index in [1.807, 2.05) is 31.3 Å². The zero-order valence-corrected chi connectivity index (χ0v) is 13.8. The second-order valence-electron chi connectivity index (χ2n) is 5.82. The Kier molecular flexibility index (Phi) is 7.23. The molecule has 1 aromatic rings. The molecule has 0 aliphatic heterocycles. The minimum atomic E-state index is -0.489. The van der Waals surface area contributed by atoms with Crippen molar-refractivity contribution in [2.24, 2.45) is 5.92 Å². The number of ether oxygens (including phenoxy) is 1. The second-order valence-corrected chi connectivity index (χ2v) is 5.82. The Morgan fingerprint density at radius 1 is 1.24 bits per heavy atom. The number of carbonyl (C=O) groups is 1. The molecule has 0 heterocycles. The molecule has 0 radical (unpaired) electrons. The summed E-state index contributed by atoms with van der Waals surface area (Å²) < 4.78 is 5.73. The molecule has 0 saturated carbocycles. The molecular formula is C17H28N2O2. The van der Waals surface area contributed by atoms with E-state index in [0.29, 0.717) is 12.5 Å². The van der Waals surface area contributed by atoms with Crippen molar-refractivity contribution in [1.29, 1.82) is 0 Å². The fourth-order valence-electron chi connectivity index (χ4n) is 1.91. The highest BCUT2D eigenvalue weighted by molar-refractivity contribution is 5.80. The number of nitrogens with one attached hydrogen (secondary N) is 2. The van der Waals surface area contributed by atoms with Gasteiger partial charge in [-0.3, -0.25) is 4.79 Å². The van der Waals surface area contributed by atoms with Gasteiger partial charge in [0, 0.05) is 12.6 Å². The van der Waals surface area contributed by atoms with E-state index in [9.17, 15) is 4.79 Å². The van der Waals surface area contributed by atoms with Gasteiger partial charge in [-0.1, -0.05) is 26.0 Å². The molecule has 2 atom stereocenters. The molecule has 1 rings (SSSR count). The van der Waals surface area contributed by atoms with Crippen molar-refractivity contribution >= 4 is 5.91 Å². The summed E-state index contributed by atoms with van der Waals surface area (Å²) in [5, 5.41) is 6.09. The van der Waals surface area contributed by atoms with Crippen molar-refractivity contribution in [1.82, 2.24) is 10.6 Å². The maximum atomic E-state index is 12.0. The summed E-state index contributed by atoms with van der Waals surface area (Å²) >= 11 is 0. The van der Waals surface area contributed by atoms with Crippen molar-refractivity contribution in [3.8, 4) is 5.75 Å². The van der Waals surface area contributed by atoms with Crippen LogP contribution in [0, 0.1) is 5.92 Å². The molecule has 0 aliphatic rings. The number of hydrogen-bond acceptors (Lipinski definition) is 3. The van der Waals surface area contributed by atoms with Crippen molar-refractivity contribution in [2.75, 3.05) is 13.6 Å². The van der Waals surface area contributed by atoms with Crippen LogP contribution in [-0.2, 0) is 4.79 Å². The minimum Gasteiger partial charge on any atom is -0.481 e. The molecule has 4 heteroatoms. The fourth-order valence-corrected chi connectivity index (χ4v) is 1.91. The van der Waals surface area contributed by atoms with E-state index in [1.165, 1.54) is 0 Å². The summed E-state index contributed by atoms with van der Waals surface area (Å²) in [6.45, 7) is 8.84. The Hall–Kier alpha value is -1.55. The van der Waals surface area contributed by atoms with Gasteiger partial charge in [-0.15, -0.1) is 0 Å². The lowest BCUT2D eigenvalue weighted by atomic mass is 10.1. The molecule has 0 spiro atoms. The van der Waals surface area contributed by atoms with Gasteiger partial charge >= 0.3 is 0 Å². The van der Waals surface area contributed by atoms with Gasteiger partial charge in [0.05, 0.1) is 0 Å². The summed E-state index contributed by atoms with van der Waals surface area (Å²) in [5.41, 5.74) is 1.14. The number of benzene rings is 1. The van der Waals surface area contributed by atoms with Gasteiger partial charge in [-0.05, 0) is 50.9 Å². The van der Waals surface area contributed by atoms with Crippen molar-refractivity contribution in [3.63, 3.8) is 0 Å². The van der Waals surface area contributed by atoms with E-state index in [2.05, 4.69) is 31.4 Å². The molecular weight excluding hydrogens is 264 g/mol. The lowest BCUT2D eigenvalue weighted by Gasteiger charge is -2.17. The summed E-state index contributed by atoms with van der Waals surface area (Å²) in [6.07, 6.45) is 0.491. The van der Waals surface area contributed by atoms with Crippen molar-refractivity contribution in [3.05, 3.63) is 29.8 Å². The summed E-state index contributed by atoms with van der Waals surface area (Å²) in [4.78, 5) is 12.0. The summed E-state index contributed by atoms with van der Waals surface area (Å²) in [7, 11) is 1.92. The van der Waals surface area contributed by atoms with Gasteiger partial charge in [-0.2, -0.15) is 0 Å². The van der Waals surface area contributed by atoms with Crippen LogP contribution in [0.2, 0.25) is 0 Å². The van der Waals surface area contributed by atoms with E-state index in [1.54, 1.807) is 6.92 Å². The maximum Gasteiger partial charge on any atom is 0.260 e. The number of amides is 1. The maximum absolute atomic E-state index is 12.0. The Bertz CT molecular complexity index is 446. The SMILES string of the molecule is CNC(C)c1cccc(OC(C)C(=O)NCCC(C)C)c1. The van der Waals surface area contributed by atoms with Crippen LogP contribution in [0.1, 0.15) is 45.7 Å². The van der Waals surface area contributed by atoms with Gasteiger partial charge in [0.2, 0.25) is 0 Å². The lowest BCUT2D eigenvalue weighted by molar-refractivity contribution is -0.127. The zero-order valence-electron chi connectivity index (χ0n) is 13.8. The Labute approximate surface area is 128 Å². The third-order valence-corrected chi connectivity index (χ3v) is 3.49. The van der Waals surface area contributed by atoms with E-state index < -0.39 is 6.10 Å². The van der Waals surface area contributed by atoms with E-state index in [-0.39, 0.29) is 11.9 Å². The predicted octanol–water partition coefficient (Wildman–Crippen LogP) is 2.90. The standard InChI is InChI=1S/C17H28N2O2/c1-12(2)9-10-19-17(20)14(4)21-16-8-6-7-15(11-16)13(3)18-5/h6-8,11-14,18H,9-10H2,1-5H3,(H,19,20). The van der Waals surface area contributed by atoms with Gasteiger partial charge in [-0.25, -0.2) is 0 Å². The Morgan fingerprint density at radius 2 is 1.95 bits per heavy atom. The smallest absolute Gasteiger partial charge is 0.260 e. The topological polar surface area (TPSA) is 50.4 Å². The molecule has 1 aromatic carbocycles. The minimum absolute atomic E-state index is 0.0669. The highest BCUT2D eigenvalue weighted by Crippen LogP contribution is 2.19. The van der Waals surface area contributed by atoms with Crippen molar-refractivity contribution < 1.29 is 9.53 Å². The quantitative estimate of drug-likeness (QED) is 0.774. The van der Waals surface area contributed by atoms with Gasteiger partial charge in [0.15, 0.2) is 6.10 Å². The Balaban J connectivity index is 2.53. The molecule has 0 saturated heterocycles. The molecule has 2 unspecified atom stereocenters. The molecule has 1 amide bonds. The molecule has 21 heavy (non-hydrogen) atoms. The van der Waals surface area contributed by atoms with Crippen LogP contribution in [0.3, 0.4) is 0 Å². The summed E-state index contributed by atoms with van der Waals surface area (Å²) in [6, 6.07) is 8.09. The van der Waals surface area contributed by atoms with Crippen LogP contribution in [0.15, 0.2) is 24.3 Å². The van der Waals surface area contributed by atoms with E-state index in [4.69, 9.17) is 4.74 Å². The average molecular weight is 292 g/mol. The van der Waals surface area contributed by atoms with Crippen molar-refractivity contribution in [2.45, 2.75) is 46.3 Å². The monoisotopic (exact) mass is 292 g/mol. The molecule has 0 aliphatic carbocycles. The van der Waals surface area contributed by atoms with Crippen LogP contribution in [-0.4, -0.2) is 25.6 Å². The fraction of sp³-hybridized carbons (Fsp3) is 0.588. The highest BCUT2D eigenvalue weighted by Gasteiger charge is 2.14. The Morgan fingerprint density at radius 3 is 2.57 bits per heavy atom. The van der Waals surface area contributed by atoms with Crippen LogP contribution in [0.25, 0.3) is 0 Å². The van der Waals surface area contributed by atoms with Gasteiger partial charge in [0.1, 0.15) is 5.75 Å². The third-order valence-electron chi connectivity index (χ3n) is 3.49. The molecule has 118 valence electrons. The second kappa shape index (κ2) is 8.67. The molecule has 0 aromatic heterocycles. The average Bonchev–Trinajstić information content (AvgIpc) is 2.46. The largest absolute Gasteiger partial charge is 0.481 e. The van der Waals surface area contributed by atoms with Gasteiger partial charge in [0.25, 0.3) is 5.91 Å². The van der Waals surface area contributed by atoms with E-state index in [0.717, 1.165) is 17.7 Å². The first-order valence-electron chi connectivity index (χ1n) is 7.65. The molecule has 0 bridgehead atoms. The normalized spacial score (nSPS) is 13.8. The van der Waals surface area contributed by atoms with E-state index >= 15 is 0 Å². The first-order valence-corrected chi connectivity index (χ1v) is 7.65. The number of carbonyl (C=O) groups excluding carboxylic acids is 1. The predicted molar refractivity (Wildman–Crippen MR) is 86.5 cm³/mol. The van der Waals surface area contributed by atoms with Crippen LogP contribution in [0.4, 0.5) is 0 Å². The molecule has 0 fully saturated rings. The number of hydrogen-bond donors (Lipinski definition) is 2. The van der Waals surface area contributed by atoms with Gasteiger partial charge < -0.3 is 15.4 Å². The summed E-state index contributed by atoms with van der Waals surface area (Å²) in [5.74, 6) is 1.24. The lowest BCUT2D eigenvalue weighted by Crippen LogP contribution is -2.37. The van der Waals surface area contributed by atoms with Crippen LogP contribution < -0.4 is 15.4 Å². The zero-order chi connectivity index (χ0) is 15.8. The highest BCUT2D eigenvalue weighted by atomic mass is 16.5. The third kappa shape index (κ3) is 6.17. The first kappa shape index (κ1) is 17.5. The molecule has 4 nitrogen and oxygen atoms in total. The molecule has 2 N–H and O–H groups in total. The number of rotatable bonds is 8. The van der Waals surface area contributed by atoms with Crippen LogP contribution >= 0.6 is 0 Å². The van der Waals surface area contributed by atoms with Crippen LogP contribution in [0.5, 0.6) is 5.75 Å².